The molecule has 4 rings (SSSR count). The topological polar surface area (TPSA) is 217 Å². The van der Waals surface area contributed by atoms with Crippen LogP contribution in [0.2, 0.25) is 0 Å². The normalized spacial score (nSPS) is 55.4. The maximum atomic E-state index is 11.2. The first-order valence-corrected chi connectivity index (χ1v) is 12.4. The number of hydrogen-bond donors (Lipinski definition) is 8. The van der Waals surface area contributed by atoms with Gasteiger partial charge in [0.2, 0.25) is 0 Å². The fourth-order valence-electron chi connectivity index (χ4n) is 5.50. The van der Waals surface area contributed by atoms with Crippen molar-refractivity contribution in [1.29, 1.82) is 0 Å². The number of nitrogens with two attached hydrogens (primary N) is 3. The van der Waals surface area contributed by atoms with E-state index in [9.17, 15) is 20.4 Å². The monoisotopic (exact) mass is 506 g/mol. The number of fused-ring (bicyclic) bond motifs is 1. The molecule has 3 heterocycles. The zero-order chi connectivity index (χ0) is 25.6. The highest BCUT2D eigenvalue weighted by Gasteiger charge is 2.53. The fourth-order valence-corrected chi connectivity index (χ4v) is 5.50. The lowest BCUT2D eigenvalue weighted by atomic mass is 9.84. The average molecular weight is 507 g/mol. The molecular weight excluding hydrogens is 464 g/mol. The summed E-state index contributed by atoms with van der Waals surface area (Å²) in [7, 11) is 1.66. The van der Waals surface area contributed by atoms with Gasteiger partial charge in [0.25, 0.3) is 0 Å². The van der Waals surface area contributed by atoms with E-state index in [1.165, 1.54) is 0 Å². The van der Waals surface area contributed by atoms with E-state index in [1.807, 2.05) is 13.8 Å². The van der Waals surface area contributed by atoms with Crippen LogP contribution in [0.5, 0.6) is 0 Å². The van der Waals surface area contributed by atoms with E-state index >= 15 is 0 Å². The van der Waals surface area contributed by atoms with Crippen LogP contribution in [0, 0.1) is 5.92 Å². The largest absolute Gasteiger partial charge is 0.389 e. The van der Waals surface area contributed by atoms with Gasteiger partial charge in [-0.05, 0) is 33.2 Å². The molecule has 3 aliphatic heterocycles. The second-order valence-electron chi connectivity index (χ2n) is 10.5. The standard InChI is InChI=1S/C22H42N4O9/c1-7-4-13-19(34-20(7)33-18-11(25)5-10(24)15(28)17(18)30)16(29)14(26-3)22(32-13)35-21-12(27)6-9(23)8(2)31-21/h7-22,26-30H,4-6,23-25H2,1-3H3/t7?,8?,9-,10+,11?,12?,13-,14?,15?,16?,17+,18+,19?,20-,21+,22?/m0/s1. The van der Waals surface area contributed by atoms with Gasteiger partial charge in [-0.1, -0.05) is 6.92 Å². The molecule has 13 nitrogen and oxygen atoms in total. The van der Waals surface area contributed by atoms with Crippen molar-refractivity contribution in [1.82, 2.24) is 5.32 Å². The van der Waals surface area contributed by atoms with Gasteiger partial charge in [-0.25, -0.2) is 0 Å². The van der Waals surface area contributed by atoms with Crippen LogP contribution in [0.25, 0.3) is 0 Å². The third kappa shape index (κ3) is 5.53. The summed E-state index contributed by atoms with van der Waals surface area (Å²) in [5, 5.41) is 45.2. The molecular formula is C22H42N4O9. The summed E-state index contributed by atoms with van der Waals surface area (Å²) in [4.78, 5) is 0. The Bertz CT molecular complexity index is 708. The minimum absolute atomic E-state index is 0.183. The third-order valence-electron chi connectivity index (χ3n) is 7.80. The van der Waals surface area contributed by atoms with E-state index in [0.29, 0.717) is 19.3 Å². The molecule has 0 radical (unpaired) electrons. The molecule has 0 aromatic carbocycles. The maximum Gasteiger partial charge on any atom is 0.186 e. The van der Waals surface area contributed by atoms with Crippen molar-refractivity contribution in [3.63, 3.8) is 0 Å². The quantitative estimate of drug-likeness (QED) is 0.181. The SMILES string of the molecule is CNC1C(O[C@H]2OC(C)[C@@H](N)CC2O)O[C@H]2CC(C)[C@@H](O[C@@H]3C(N)C[C@@H](N)C(O)[C@H]3O)OC2C1O. The number of aliphatic hydroxyl groups excluding tert-OH is 4. The molecule has 0 aromatic heterocycles. The molecule has 4 aliphatic rings. The zero-order valence-electron chi connectivity index (χ0n) is 20.4. The number of nitrogens with one attached hydrogen (secondary N) is 1. The molecule has 4 fully saturated rings. The van der Waals surface area contributed by atoms with E-state index in [2.05, 4.69) is 5.32 Å². The molecule has 0 aromatic rings. The Morgan fingerprint density at radius 2 is 1.46 bits per heavy atom. The lowest BCUT2D eigenvalue weighted by Gasteiger charge is -2.51. The number of aliphatic hydroxyl groups is 4. The van der Waals surface area contributed by atoms with Crippen molar-refractivity contribution >= 4 is 0 Å². The van der Waals surface area contributed by atoms with Crippen LogP contribution in [0.4, 0.5) is 0 Å². The number of hydrogen-bond acceptors (Lipinski definition) is 13. The Morgan fingerprint density at radius 1 is 0.743 bits per heavy atom. The van der Waals surface area contributed by atoms with Crippen molar-refractivity contribution in [3.8, 4) is 0 Å². The molecule has 1 saturated carbocycles. The van der Waals surface area contributed by atoms with Crippen LogP contribution < -0.4 is 22.5 Å². The van der Waals surface area contributed by atoms with Crippen LogP contribution in [0.15, 0.2) is 0 Å². The van der Waals surface area contributed by atoms with Crippen LogP contribution >= 0.6 is 0 Å². The molecule has 3 saturated heterocycles. The smallest absolute Gasteiger partial charge is 0.186 e. The zero-order valence-corrected chi connectivity index (χ0v) is 20.4. The predicted molar refractivity (Wildman–Crippen MR) is 121 cm³/mol. The second-order valence-corrected chi connectivity index (χ2v) is 10.5. The highest BCUT2D eigenvalue weighted by molar-refractivity contribution is 5.00. The summed E-state index contributed by atoms with van der Waals surface area (Å²) >= 11 is 0. The molecule has 16 atom stereocenters. The van der Waals surface area contributed by atoms with Gasteiger partial charge in [-0.3, -0.25) is 0 Å². The number of ether oxygens (including phenoxy) is 5. The highest BCUT2D eigenvalue weighted by Crippen LogP contribution is 2.37. The van der Waals surface area contributed by atoms with Gasteiger partial charge < -0.3 is 66.6 Å². The lowest BCUT2D eigenvalue weighted by Crippen LogP contribution is -2.68. The Labute approximate surface area is 205 Å². The van der Waals surface area contributed by atoms with Crippen LogP contribution in [-0.2, 0) is 23.7 Å². The Kier molecular flexibility index (Phi) is 8.70. The van der Waals surface area contributed by atoms with Crippen molar-refractivity contribution in [3.05, 3.63) is 0 Å². The first-order valence-electron chi connectivity index (χ1n) is 12.4. The summed E-state index contributed by atoms with van der Waals surface area (Å²) in [5.74, 6) is -0.183. The summed E-state index contributed by atoms with van der Waals surface area (Å²) in [6, 6.07) is -2.20. The maximum absolute atomic E-state index is 11.2. The van der Waals surface area contributed by atoms with E-state index in [-0.39, 0.29) is 18.1 Å². The van der Waals surface area contributed by atoms with Gasteiger partial charge in [-0.15, -0.1) is 0 Å². The minimum Gasteiger partial charge on any atom is -0.389 e. The van der Waals surface area contributed by atoms with Gasteiger partial charge in [0, 0.05) is 24.0 Å². The Morgan fingerprint density at radius 3 is 2.14 bits per heavy atom. The molecule has 0 bridgehead atoms. The van der Waals surface area contributed by atoms with Crippen molar-refractivity contribution < 1.29 is 44.1 Å². The molecule has 204 valence electrons. The molecule has 1 aliphatic carbocycles. The lowest BCUT2D eigenvalue weighted by molar-refractivity contribution is -0.370. The van der Waals surface area contributed by atoms with E-state index in [0.717, 1.165) is 0 Å². The van der Waals surface area contributed by atoms with Crippen molar-refractivity contribution in [2.24, 2.45) is 23.1 Å². The Hall–Kier alpha value is -0.520. The van der Waals surface area contributed by atoms with Crippen LogP contribution in [0.3, 0.4) is 0 Å². The molecule has 0 spiro atoms. The number of likely N-dealkylation sites (N-methyl/N-ethyl adjacent to an activating group) is 1. The van der Waals surface area contributed by atoms with Crippen molar-refractivity contribution in [2.45, 2.75) is 125 Å². The van der Waals surface area contributed by atoms with Gasteiger partial charge in [0.15, 0.2) is 18.9 Å². The van der Waals surface area contributed by atoms with Crippen LogP contribution in [-0.4, -0.2) is 119 Å². The average Bonchev–Trinajstić information content (AvgIpc) is 2.79. The first-order chi connectivity index (χ1) is 16.5. The summed E-state index contributed by atoms with van der Waals surface area (Å²) in [5.41, 5.74) is 18.0. The van der Waals surface area contributed by atoms with Gasteiger partial charge >= 0.3 is 0 Å². The Balaban J connectivity index is 1.42. The number of rotatable bonds is 5. The molecule has 0 amide bonds. The molecule has 35 heavy (non-hydrogen) atoms. The molecule has 11 N–H and O–H groups in total. The molecule has 9 unspecified atom stereocenters. The fraction of sp³-hybridized carbons (Fsp3) is 1.00. The van der Waals surface area contributed by atoms with Gasteiger partial charge in [0.05, 0.1) is 24.4 Å². The summed E-state index contributed by atoms with van der Waals surface area (Å²) in [6.45, 7) is 3.71. The first kappa shape index (κ1) is 27.5. The van der Waals surface area contributed by atoms with Crippen LogP contribution in [0.1, 0.15) is 33.1 Å². The van der Waals surface area contributed by atoms with E-state index < -0.39 is 79.7 Å². The van der Waals surface area contributed by atoms with Gasteiger partial charge in [0.1, 0.15) is 30.5 Å². The predicted octanol–water partition coefficient (Wildman–Crippen LogP) is -3.58. The summed E-state index contributed by atoms with van der Waals surface area (Å²) in [6.07, 6.45) is -8.36. The van der Waals surface area contributed by atoms with Gasteiger partial charge in [-0.2, -0.15) is 0 Å². The second kappa shape index (κ2) is 11.1. The highest BCUT2D eigenvalue weighted by atomic mass is 16.8. The van der Waals surface area contributed by atoms with Crippen molar-refractivity contribution in [2.75, 3.05) is 7.05 Å². The van der Waals surface area contributed by atoms with E-state index in [4.69, 9.17) is 40.9 Å². The third-order valence-corrected chi connectivity index (χ3v) is 7.80. The molecule has 13 heteroatoms. The summed E-state index contributed by atoms with van der Waals surface area (Å²) < 4.78 is 30.1. The minimum atomic E-state index is -1.25. The van der Waals surface area contributed by atoms with E-state index in [1.54, 1.807) is 7.05 Å².